The molecule has 0 saturated carbocycles. The summed E-state index contributed by atoms with van der Waals surface area (Å²) >= 11 is 1.12. The number of carbonyl (C=O) groups is 1. The fourth-order valence-electron chi connectivity index (χ4n) is 2.29. The van der Waals surface area contributed by atoms with Crippen molar-refractivity contribution in [2.45, 2.75) is 23.8 Å². The predicted molar refractivity (Wildman–Crippen MR) is 91.4 cm³/mol. The zero-order chi connectivity index (χ0) is 18.0. The SMILES string of the molecule is CCC(Sc1nc2c(cnn2-c2ccc(F)cc2)c(=O)[nH]1)C(=O)OC. The highest BCUT2D eigenvalue weighted by Gasteiger charge is 2.21. The molecule has 1 N–H and O–H groups in total. The normalized spacial score (nSPS) is 12.3. The van der Waals surface area contributed by atoms with Crippen LogP contribution in [0, 0.1) is 5.82 Å². The Kier molecular flexibility index (Phi) is 4.84. The van der Waals surface area contributed by atoms with Crippen molar-refractivity contribution in [1.82, 2.24) is 19.7 Å². The van der Waals surface area contributed by atoms with Crippen molar-refractivity contribution >= 4 is 28.8 Å². The van der Waals surface area contributed by atoms with Gasteiger partial charge in [0, 0.05) is 0 Å². The minimum Gasteiger partial charge on any atom is -0.468 e. The lowest BCUT2D eigenvalue weighted by Gasteiger charge is -2.11. The monoisotopic (exact) mass is 362 g/mol. The fourth-order valence-corrected chi connectivity index (χ4v) is 3.21. The first-order valence-electron chi connectivity index (χ1n) is 7.52. The average molecular weight is 362 g/mol. The van der Waals surface area contributed by atoms with E-state index in [2.05, 4.69) is 15.1 Å². The highest BCUT2D eigenvalue weighted by atomic mass is 32.2. The number of methoxy groups -OCH3 is 1. The summed E-state index contributed by atoms with van der Waals surface area (Å²) < 4.78 is 19.3. The molecule has 0 aliphatic carbocycles. The summed E-state index contributed by atoms with van der Waals surface area (Å²) in [7, 11) is 1.31. The van der Waals surface area contributed by atoms with Gasteiger partial charge in [0.25, 0.3) is 5.56 Å². The molecule has 2 aromatic heterocycles. The minimum absolute atomic E-state index is 0.290. The van der Waals surface area contributed by atoms with Gasteiger partial charge >= 0.3 is 5.97 Å². The number of hydrogen-bond donors (Lipinski definition) is 1. The van der Waals surface area contributed by atoms with Crippen LogP contribution in [0.25, 0.3) is 16.7 Å². The van der Waals surface area contributed by atoms with E-state index in [1.54, 1.807) is 12.1 Å². The van der Waals surface area contributed by atoms with E-state index in [4.69, 9.17) is 4.74 Å². The maximum Gasteiger partial charge on any atom is 0.319 e. The number of rotatable bonds is 5. The van der Waals surface area contributed by atoms with E-state index in [9.17, 15) is 14.0 Å². The van der Waals surface area contributed by atoms with Crippen LogP contribution in [-0.2, 0) is 9.53 Å². The van der Waals surface area contributed by atoms with E-state index >= 15 is 0 Å². The molecule has 0 bridgehead atoms. The third-order valence-corrected chi connectivity index (χ3v) is 4.80. The van der Waals surface area contributed by atoms with Crippen molar-refractivity contribution in [3.05, 3.63) is 46.6 Å². The van der Waals surface area contributed by atoms with Gasteiger partial charge in [0.1, 0.15) is 16.5 Å². The maximum atomic E-state index is 13.1. The molecule has 2 heterocycles. The smallest absolute Gasteiger partial charge is 0.319 e. The number of fused-ring (bicyclic) bond motifs is 1. The molecule has 0 spiro atoms. The number of aromatic nitrogens is 4. The lowest BCUT2D eigenvalue weighted by atomic mass is 10.3. The van der Waals surface area contributed by atoms with Gasteiger partial charge in [-0.05, 0) is 30.7 Å². The molecule has 25 heavy (non-hydrogen) atoms. The first-order chi connectivity index (χ1) is 12.0. The first kappa shape index (κ1) is 17.2. The maximum absolute atomic E-state index is 13.1. The number of benzene rings is 1. The number of ether oxygens (including phenoxy) is 1. The topological polar surface area (TPSA) is 89.9 Å². The van der Waals surface area contributed by atoms with Gasteiger partial charge in [0.2, 0.25) is 0 Å². The number of nitrogens with zero attached hydrogens (tertiary/aromatic N) is 3. The number of hydrogen-bond acceptors (Lipinski definition) is 6. The zero-order valence-corrected chi connectivity index (χ0v) is 14.3. The van der Waals surface area contributed by atoms with Crippen molar-refractivity contribution in [1.29, 1.82) is 0 Å². The quantitative estimate of drug-likeness (QED) is 0.425. The first-order valence-corrected chi connectivity index (χ1v) is 8.40. The van der Waals surface area contributed by atoms with Crippen LogP contribution in [-0.4, -0.2) is 38.1 Å². The van der Waals surface area contributed by atoms with Crippen LogP contribution in [0.5, 0.6) is 0 Å². The second-order valence-electron chi connectivity index (χ2n) is 5.18. The van der Waals surface area contributed by atoms with Gasteiger partial charge in [0.05, 0.1) is 19.0 Å². The second-order valence-corrected chi connectivity index (χ2v) is 6.37. The molecule has 0 aliphatic rings. The Balaban J connectivity index is 2.05. The number of carbonyl (C=O) groups excluding carboxylic acids is 1. The van der Waals surface area contributed by atoms with Gasteiger partial charge in [-0.25, -0.2) is 14.1 Å². The van der Waals surface area contributed by atoms with Crippen LogP contribution < -0.4 is 5.56 Å². The molecule has 0 fully saturated rings. The average Bonchev–Trinajstić information content (AvgIpc) is 3.04. The molecule has 0 radical (unpaired) electrons. The van der Waals surface area contributed by atoms with Gasteiger partial charge in [0.15, 0.2) is 10.8 Å². The highest BCUT2D eigenvalue weighted by Crippen LogP contribution is 2.24. The van der Waals surface area contributed by atoms with Gasteiger partial charge in [-0.3, -0.25) is 9.59 Å². The molecule has 1 unspecified atom stereocenters. The van der Waals surface area contributed by atoms with Crippen LogP contribution in [0.1, 0.15) is 13.3 Å². The van der Waals surface area contributed by atoms with Gasteiger partial charge in [-0.15, -0.1) is 0 Å². The van der Waals surface area contributed by atoms with E-state index in [1.807, 2.05) is 6.92 Å². The van der Waals surface area contributed by atoms with Crippen LogP contribution >= 0.6 is 11.8 Å². The van der Waals surface area contributed by atoms with E-state index < -0.39 is 5.25 Å². The standard InChI is InChI=1S/C16H15FN4O3S/c1-3-12(15(23)24-2)25-16-19-13-11(14(22)20-16)8-18-21(13)10-6-4-9(17)5-7-10/h4-8,12H,3H2,1-2H3,(H,19,20,22). The third kappa shape index (κ3) is 3.41. The summed E-state index contributed by atoms with van der Waals surface area (Å²) in [5.74, 6) is -0.756. The van der Waals surface area contributed by atoms with Crippen molar-refractivity contribution in [2.24, 2.45) is 0 Å². The van der Waals surface area contributed by atoms with E-state index in [0.29, 0.717) is 28.3 Å². The fraction of sp³-hybridized carbons (Fsp3) is 0.250. The molecule has 1 atom stereocenters. The second kappa shape index (κ2) is 7.06. The third-order valence-electron chi connectivity index (χ3n) is 3.58. The molecule has 1 aromatic carbocycles. The van der Waals surface area contributed by atoms with Gasteiger partial charge in [-0.2, -0.15) is 5.10 Å². The Hall–Kier alpha value is -2.68. The Morgan fingerprint density at radius 1 is 1.40 bits per heavy atom. The summed E-state index contributed by atoms with van der Waals surface area (Å²) in [4.78, 5) is 31.1. The Bertz CT molecular complexity index is 968. The largest absolute Gasteiger partial charge is 0.468 e. The van der Waals surface area contributed by atoms with Crippen LogP contribution in [0.2, 0.25) is 0 Å². The van der Waals surface area contributed by atoms with Gasteiger partial charge in [-0.1, -0.05) is 18.7 Å². The molecule has 3 rings (SSSR count). The number of halogens is 1. The molecule has 3 aromatic rings. The summed E-state index contributed by atoms with van der Waals surface area (Å²) in [6.45, 7) is 1.84. The lowest BCUT2D eigenvalue weighted by Crippen LogP contribution is -2.19. The van der Waals surface area contributed by atoms with Crippen LogP contribution in [0.4, 0.5) is 4.39 Å². The molecule has 9 heteroatoms. The Morgan fingerprint density at radius 2 is 2.12 bits per heavy atom. The molecular formula is C16H15FN4O3S. The van der Waals surface area contributed by atoms with Gasteiger partial charge < -0.3 is 9.72 Å². The number of esters is 1. The Morgan fingerprint density at radius 3 is 2.76 bits per heavy atom. The minimum atomic E-state index is -0.479. The lowest BCUT2D eigenvalue weighted by molar-refractivity contribution is -0.140. The van der Waals surface area contributed by atoms with Crippen molar-refractivity contribution in [2.75, 3.05) is 7.11 Å². The molecule has 0 amide bonds. The number of H-pyrrole nitrogens is 1. The number of aromatic amines is 1. The van der Waals surface area contributed by atoms with E-state index in [1.165, 1.54) is 30.1 Å². The van der Waals surface area contributed by atoms with Crippen LogP contribution in [0.15, 0.2) is 40.4 Å². The zero-order valence-electron chi connectivity index (χ0n) is 13.5. The summed E-state index contributed by atoms with van der Waals surface area (Å²) in [5, 5.41) is 4.28. The molecule has 7 nitrogen and oxygen atoms in total. The summed E-state index contributed by atoms with van der Waals surface area (Å²) in [6, 6.07) is 5.69. The molecular weight excluding hydrogens is 347 g/mol. The van der Waals surface area contributed by atoms with E-state index in [0.717, 1.165) is 11.8 Å². The van der Waals surface area contributed by atoms with E-state index in [-0.39, 0.29) is 17.3 Å². The molecule has 0 aliphatic heterocycles. The van der Waals surface area contributed by atoms with Crippen molar-refractivity contribution < 1.29 is 13.9 Å². The highest BCUT2D eigenvalue weighted by molar-refractivity contribution is 8.00. The molecule has 0 saturated heterocycles. The summed E-state index contributed by atoms with van der Waals surface area (Å²) in [6.07, 6.45) is 1.92. The Labute approximate surface area is 146 Å². The predicted octanol–water partition coefficient (Wildman–Crippen LogP) is 2.29. The summed E-state index contributed by atoms with van der Waals surface area (Å²) in [5.41, 5.74) is 0.545. The number of thioether (sulfide) groups is 1. The number of nitrogens with one attached hydrogen (secondary N) is 1. The van der Waals surface area contributed by atoms with Crippen molar-refractivity contribution in [3.8, 4) is 5.69 Å². The van der Waals surface area contributed by atoms with Crippen molar-refractivity contribution in [3.63, 3.8) is 0 Å². The molecule has 130 valence electrons. The van der Waals surface area contributed by atoms with Crippen LogP contribution in [0.3, 0.4) is 0 Å².